The van der Waals surface area contributed by atoms with Crippen LogP contribution in [0.3, 0.4) is 0 Å². The summed E-state index contributed by atoms with van der Waals surface area (Å²) in [6.07, 6.45) is 0. The smallest absolute Gasteiger partial charge is 0.0800 e. The van der Waals surface area contributed by atoms with Gasteiger partial charge in [0.05, 0.1) is 22.6 Å². The lowest BCUT2D eigenvalue weighted by molar-refractivity contribution is 1.32. The minimum absolute atomic E-state index is 0.933. The van der Waals surface area contributed by atoms with Gasteiger partial charge in [-0.1, -0.05) is 182 Å². The molecule has 262 valence electrons. The maximum absolute atomic E-state index is 5.49. The van der Waals surface area contributed by atoms with Crippen LogP contribution in [-0.4, -0.2) is 9.97 Å². The molecule has 56 heavy (non-hydrogen) atoms. The van der Waals surface area contributed by atoms with E-state index in [-0.39, 0.29) is 0 Å². The summed E-state index contributed by atoms with van der Waals surface area (Å²) in [5.41, 5.74) is 16.2. The normalized spacial score (nSPS) is 11.2. The van der Waals surface area contributed by atoms with Crippen LogP contribution in [0, 0.1) is 0 Å². The molecular formula is C54H36N2. The second-order valence-electron chi connectivity index (χ2n) is 14.2. The van der Waals surface area contributed by atoms with Gasteiger partial charge in [0.15, 0.2) is 0 Å². The molecule has 0 amide bonds. The highest BCUT2D eigenvalue weighted by atomic mass is 14.7. The Balaban J connectivity index is 1.19. The Morgan fingerprint density at radius 1 is 0.250 bits per heavy atom. The fourth-order valence-electron chi connectivity index (χ4n) is 7.87. The quantitative estimate of drug-likeness (QED) is 0.154. The van der Waals surface area contributed by atoms with Gasteiger partial charge in [-0.05, 0) is 86.1 Å². The molecule has 0 atom stereocenters. The summed E-state index contributed by atoms with van der Waals surface area (Å²) < 4.78 is 0. The number of fused-ring (bicyclic) bond motifs is 3. The molecular weight excluding hydrogens is 677 g/mol. The summed E-state index contributed by atoms with van der Waals surface area (Å²) in [5, 5.41) is 3.53. The van der Waals surface area contributed by atoms with E-state index in [0.717, 1.165) is 66.9 Å². The molecule has 0 saturated carbocycles. The van der Waals surface area contributed by atoms with Crippen molar-refractivity contribution >= 4 is 21.7 Å². The van der Waals surface area contributed by atoms with Crippen LogP contribution in [0.2, 0.25) is 0 Å². The fourth-order valence-corrected chi connectivity index (χ4v) is 7.87. The molecule has 0 N–H and O–H groups in total. The first-order chi connectivity index (χ1) is 27.7. The number of aromatic nitrogens is 2. The lowest BCUT2D eigenvalue weighted by atomic mass is 9.89. The maximum Gasteiger partial charge on any atom is 0.0800 e. The highest BCUT2D eigenvalue weighted by Gasteiger charge is 2.18. The number of benzene rings is 8. The van der Waals surface area contributed by atoms with Crippen LogP contribution in [0.25, 0.3) is 100.0 Å². The third-order valence-electron chi connectivity index (χ3n) is 10.6. The summed E-state index contributed by atoms with van der Waals surface area (Å²) >= 11 is 0. The van der Waals surface area contributed by atoms with Crippen molar-refractivity contribution in [3.8, 4) is 78.3 Å². The Bertz CT molecular complexity index is 2990. The molecule has 0 fully saturated rings. The molecule has 0 bridgehead atoms. The van der Waals surface area contributed by atoms with Crippen molar-refractivity contribution in [1.82, 2.24) is 9.97 Å². The minimum Gasteiger partial charge on any atom is -0.248 e. The van der Waals surface area contributed by atoms with Crippen LogP contribution in [0.1, 0.15) is 0 Å². The molecule has 10 aromatic rings. The van der Waals surface area contributed by atoms with E-state index >= 15 is 0 Å². The van der Waals surface area contributed by atoms with Gasteiger partial charge in [0, 0.05) is 27.6 Å². The van der Waals surface area contributed by atoms with Gasteiger partial charge in [0.2, 0.25) is 0 Å². The van der Waals surface area contributed by atoms with Gasteiger partial charge >= 0.3 is 0 Å². The van der Waals surface area contributed by atoms with E-state index in [9.17, 15) is 0 Å². The summed E-state index contributed by atoms with van der Waals surface area (Å²) in [6, 6.07) is 77.5. The van der Waals surface area contributed by atoms with E-state index in [1.165, 1.54) is 33.0 Å². The SMILES string of the molecule is c1ccc(-c2cccc(-c3cc(-c4cccc(-c5cc6ccccc6c6c(-c7ccccc7)cc(-c7ccccc7)nc56)c4)cc(-c4ccccc4)n3)c2)cc1. The largest absolute Gasteiger partial charge is 0.248 e. The maximum atomic E-state index is 5.49. The Morgan fingerprint density at radius 3 is 1.38 bits per heavy atom. The average Bonchev–Trinajstić information content (AvgIpc) is 3.29. The second kappa shape index (κ2) is 14.4. The van der Waals surface area contributed by atoms with E-state index in [2.05, 4.69) is 218 Å². The van der Waals surface area contributed by atoms with Crippen LogP contribution < -0.4 is 0 Å². The van der Waals surface area contributed by atoms with Crippen LogP contribution in [0.5, 0.6) is 0 Å². The third kappa shape index (κ3) is 6.34. The molecule has 2 nitrogen and oxygen atoms in total. The summed E-state index contributed by atoms with van der Waals surface area (Å²) in [4.78, 5) is 10.7. The first-order valence-corrected chi connectivity index (χ1v) is 19.1. The van der Waals surface area contributed by atoms with E-state index in [4.69, 9.17) is 9.97 Å². The van der Waals surface area contributed by atoms with Gasteiger partial charge in [-0.2, -0.15) is 0 Å². The number of hydrogen-bond donors (Lipinski definition) is 0. The molecule has 0 radical (unpaired) electrons. The predicted octanol–water partition coefficient (Wildman–Crippen LogP) is 14.5. The highest BCUT2D eigenvalue weighted by molar-refractivity contribution is 6.18. The van der Waals surface area contributed by atoms with Crippen LogP contribution in [0.15, 0.2) is 218 Å². The third-order valence-corrected chi connectivity index (χ3v) is 10.6. The molecule has 0 unspecified atom stereocenters. The topological polar surface area (TPSA) is 25.8 Å². The second-order valence-corrected chi connectivity index (χ2v) is 14.2. The van der Waals surface area contributed by atoms with E-state index in [1.54, 1.807) is 0 Å². The van der Waals surface area contributed by atoms with E-state index in [1.807, 2.05) is 0 Å². The van der Waals surface area contributed by atoms with Crippen molar-refractivity contribution in [3.05, 3.63) is 218 Å². The molecule has 2 heterocycles. The zero-order valence-electron chi connectivity index (χ0n) is 30.7. The molecule has 0 aliphatic carbocycles. The number of nitrogens with zero attached hydrogens (tertiary/aromatic N) is 2. The first-order valence-electron chi connectivity index (χ1n) is 19.1. The zero-order chi connectivity index (χ0) is 37.3. The lowest BCUT2D eigenvalue weighted by Crippen LogP contribution is -1.95. The molecule has 0 saturated heterocycles. The van der Waals surface area contributed by atoms with Crippen molar-refractivity contribution < 1.29 is 0 Å². The summed E-state index contributed by atoms with van der Waals surface area (Å²) in [5.74, 6) is 0. The van der Waals surface area contributed by atoms with Gasteiger partial charge < -0.3 is 0 Å². The Morgan fingerprint density at radius 2 is 0.714 bits per heavy atom. The first kappa shape index (κ1) is 33.2. The Labute approximate surface area is 327 Å². The molecule has 0 aliphatic heterocycles. The lowest BCUT2D eigenvalue weighted by Gasteiger charge is -2.17. The standard InChI is InChI=1S/C54H36N2/c1-5-17-37(18-6-1)41-26-16-29-45(32-41)51-35-46(34-50(55-51)39-21-9-3-10-22-39)42-27-15-28-43(31-42)49-33-44-25-13-14-30-47(44)53-48(38-19-7-2-8-20-38)36-52(56-54(49)53)40-23-11-4-12-24-40/h1-36H. The van der Waals surface area contributed by atoms with Crippen molar-refractivity contribution in [3.63, 3.8) is 0 Å². The average molecular weight is 713 g/mol. The van der Waals surface area contributed by atoms with Gasteiger partial charge in [-0.3, -0.25) is 0 Å². The Hall–Kier alpha value is -7.42. The number of rotatable bonds is 7. The molecule has 0 aliphatic rings. The van der Waals surface area contributed by atoms with Crippen LogP contribution in [0.4, 0.5) is 0 Å². The highest BCUT2D eigenvalue weighted by Crippen LogP contribution is 2.42. The Kier molecular flexibility index (Phi) is 8.55. The number of hydrogen-bond acceptors (Lipinski definition) is 2. The van der Waals surface area contributed by atoms with Crippen molar-refractivity contribution in [2.75, 3.05) is 0 Å². The summed E-state index contributed by atoms with van der Waals surface area (Å²) in [7, 11) is 0. The van der Waals surface area contributed by atoms with Gasteiger partial charge in [-0.25, -0.2) is 9.97 Å². The summed E-state index contributed by atoms with van der Waals surface area (Å²) in [6.45, 7) is 0. The minimum atomic E-state index is 0.933. The van der Waals surface area contributed by atoms with Crippen molar-refractivity contribution in [2.24, 2.45) is 0 Å². The monoisotopic (exact) mass is 712 g/mol. The predicted molar refractivity (Wildman–Crippen MR) is 235 cm³/mol. The molecule has 2 aromatic heterocycles. The van der Waals surface area contributed by atoms with Gasteiger partial charge in [0.1, 0.15) is 0 Å². The molecule has 8 aromatic carbocycles. The van der Waals surface area contributed by atoms with Crippen molar-refractivity contribution in [1.29, 1.82) is 0 Å². The molecule has 0 spiro atoms. The molecule has 2 heteroatoms. The van der Waals surface area contributed by atoms with Crippen molar-refractivity contribution in [2.45, 2.75) is 0 Å². The van der Waals surface area contributed by atoms with E-state index < -0.39 is 0 Å². The van der Waals surface area contributed by atoms with Crippen LogP contribution >= 0.6 is 0 Å². The number of pyridine rings is 2. The molecule has 10 rings (SSSR count). The fraction of sp³-hybridized carbons (Fsp3) is 0. The van der Waals surface area contributed by atoms with Crippen LogP contribution in [-0.2, 0) is 0 Å². The van der Waals surface area contributed by atoms with E-state index in [0.29, 0.717) is 0 Å². The zero-order valence-corrected chi connectivity index (χ0v) is 30.7. The van der Waals surface area contributed by atoms with Gasteiger partial charge in [0.25, 0.3) is 0 Å². The van der Waals surface area contributed by atoms with Gasteiger partial charge in [-0.15, -0.1) is 0 Å².